The molecule has 96 valence electrons. The summed E-state index contributed by atoms with van der Waals surface area (Å²) in [5, 5.41) is 2.41. The van der Waals surface area contributed by atoms with Gasteiger partial charge in [-0.05, 0) is 13.0 Å². The van der Waals surface area contributed by atoms with Crippen molar-refractivity contribution in [3.63, 3.8) is 0 Å². The Morgan fingerprint density at radius 1 is 1.50 bits per heavy atom. The highest BCUT2D eigenvalue weighted by Crippen LogP contribution is 2.37. The normalized spacial score (nSPS) is 28.3. The molecule has 1 atom stereocenters. The third-order valence-electron chi connectivity index (χ3n) is 3.95. The van der Waals surface area contributed by atoms with Crippen molar-refractivity contribution in [1.82, 2.24) is 19.8 Å². The van der Waals surface area contributed by atoms with Gasteiger partial charge in [0.05, 0.1) is 12.0 Å². The van der Waals surface area contributed by atoms with Crippen molar-refractivity contribution < 1.29 is 9.59 Å². The smallest absolute Gasteiger partial charge is 0.234 e. The molecule has 18 heavy (non-hydrogen) atoms. The van der Waals surface area contributed by atoms with Gasteiger partial charge in [-0.2, -0.15) is 0 Å². The predicted octanol–water partition coefficient (Wildman–Crippen LogP) is -0.341. The van der Waals surface area contributed by atoms with E-state index in [1.807, 2.05) is 17.8 Å². The average Bonchev–Trinajstić information content (AvgIpc) is 2.94. The Morgan fingerprint density at radius 2 is 2.33 bits per heavy atom. The minimum absolute atomic E-state index is 0.102. The number of carbonyl (C=O) groups excluding carboxylic acids is 2. The van der Waals surface area contributed by atoms with Crippen LogP contribution >= 0.6 is 0 Å². The van der Waals surface area contributed by atoms with Crippen LogP contribution in [0.15, 0.2) is 12.4 Å². The van der Waals surface area contributed by atoms with Crippen LogP contribution in [0.4, 0.5) is 0 Å². The Kier molecular flexibility index (Phi) is 2.48. The maximum Gasteiger partial charge on any atom is 0.234 e. The second-order valence-corrected chi connectivity index (χ2v) is 5.25. The van der Waals surface area contributed by atoms with Crippen molar-refractivity contribution in [3.05, 3.63) is 18.2 Å². The quantitative estimate of drug-likeness (QED) is 0.727. The van der Waals surface area contributed by atoms with E-state index >= 15 is 0 Å². The third-order valence-corrected chi connectivity index (χ3v) is 3.95. The largest absolute Gasteiger partial charge is 0.337 e. The van der Waals surface area contributed by atoms with Gasteiger partial charge in [0.25, 0.3) is 0 Å². The number of amides is 2. The fourth-order valence-corrected chi connectivity index (χ4v) is 2.86. The zero-order valence-electron chi connectivity index (χ0n) is 10.3. The van der Waals surface area contributed by atoms with Gasteiger partial charge < -0.3 is 4.57 Å². The molecule has 1 aromatic heterocycles. The Labute approximate surface area is 105 Å². The predicted molar refractivity (Wildman–Crippen MR) is 63.3 cm³/mol. The maximum atomic E-state index is 11.8. The lowest BCUT2D eigenvalue weighted by molar-refractivity contribution is -0.128. The molecule has 1 spiro atoms. The van der Waals surface area contributed by atoms with Crippen molar-refractivity contribution in [2.45, 2.75) is 19.4 Å². The van der Waals surface area contributed by atoms with E-state index in [1.54, 1.807) is 6.20 Å². The number of hydrogen-bond donors (Lipinski definition) is 1. The number of aromatic nitrogens is 2. The number of likely N-dealkylation sites (tertiary alicyclic amines) is 1. The molecule has 2 aliphatic heterocycles. The van der Waals surface area contributed by atoms with E-state index in [0.717, 1.165) is 25.3 Å². The molecular weight excluding hydrogens is 232 g/mol. The number of hydrogen-bond acceptors (Lipinski definition) is 4. The summed E-state index contributed by atoms with van der Waals surface area (Å²) in [6.07, 6.45) is 4.78. The van der Waals surface area contributed by atoms with Crippen molar-refractivity contribution in [1.29, 1.82) is 0 Å². The molecule has 0 unspecified atom stereocenters. The van der Waals surface area contributed by atoms with E-state index in [-0.39, 0.29) is 11.8 Å². The molecule has 2 amide bonds. The highest BCUT2D eigenvalue weighted by atomic mass is 16.2. The number of nitrogens with one attached hydrogen (secondary N) is 1. The molecule has 2 aliphatic rings. The molecular formula is C12H16N4O2. The Balaban J connectivity index is 1.71. The molecule has 6 heteroatoms. The number of carbonyl (C=O) groups is 2. The molecule has 1 N–H and O–H groups in total. The number of nitrogens with zero attached hydrogens (tertiary/aromatic N) is 3. The lowest BCUT2D eigenvalue weighted by Crippen LogP contribution is -2.34. The summed E-state index contributed by atoms with van der Waals surface area (Å²) in [6.45, 7) is 2.22. The van der Waals surface area contributed by atoms with Gasteiger partial charge in [0, 0.05) is 32.4 Å². The van der Waals surface area contributed by atoms with Gasteiger partial charge >= 0.3 is 0 Å². The molecule has 6 nitrogen and oxygen atoms in total. The Morgan fingerprint density at radius 3 is 2.94 bits per heavy atom. The summed E-state index contributed by atoms with van der Waals surface area (Å²) in [7, 11) is 1.96. The zero-order valence-corrected chi connectivity index (χ0v) is 10.3. The number of imide groups is 1. The summed E-state index contributed by atoms with van der Waals surface area (Å²) < 4.78 is 1.98. The maximum absolute atomic E-state index is 11.8. The van der Waals surface area contributed by atoms with Gasteiger partial charge in [0.1, 0.15) is 5.82 Å². The van der Waals surface area contributed by atoms with Crippen LogP contribution in [0.1, 0.15) is 18.7 Å². The zero-order chi connectivity index (χ0) is 12.8. The van der Waals surface area contributed by atoms with Crippen LogP contribution in [0, 0.1) is 5.41 Å². The third kappa shape index (κ3) is 1.73. The van der Waals surface area contributed by atoms with Gasteiger partial charge in [0.15, 0.2) is 0 Å². The summed E-state index contributed by atoms with van der Waals surface area (Å²) in [6, 6.07) is 0. The highest BCUT2D eigenvalue weighted by molar-refractivity contribution is 6.06. The van der Waals surface area contributed by atoms with E-state index < -0.39 is 5.41 Å². The lowest BCUT2D eigenvalue weighted by Gasteiger charge is -2.19. The molecule has 0 radical (unpaired) electrons. The van der Waals surface area contributed by atoms with Crippen LogP contribution in [-0.4, -0.2) is 39.4 Å². The minimum Gasteiger partial charge on any atom is -0.337 e. The van der Waals surface area contributed by atoms with Crippen LogP contribution in [0.3, 0.4) is 0 Å². The van der Waals surface area contributed by atoms with E-state index in [4.69, 9.17) is 0 Å². The molecule has 1 aromatic rings. The molecule has 0 saturated carbocycles. The topological polar surface area (TPSA) is 67.2 Å². The molecule has 0 bridgehead atoms. The first-order valence-electron chi connectivity index (χ1n) is 6.12. The standard InChI is InChI=1S/C12H16N4O2/c1-15-5-3-13-9(15)7-16-4-2-12(8-16)6-10(17)14-11(12)18/h3,5H,2,4,6-8H2,1H3,(H,14,17,18)/t12-/m1/s1. The van der Waals surface area contributed by atoms with Crippen LogP contribution in [-0.2, 0) is 23.2 Å². The van der Waals surface area contributed by atoms with E-state index in [0.29, 0.717) is 13.0 Å². The fourth-order valence-electron chi connectivity index (χ4n) is 2.86. The highest BCUT2D eigenvalue weighted by Gasteiger charge is 2.50. The van der Waals surface area contributed by atoms with E-state index in [1.165, 1.54) is 0 Å². The molecule has 3 rings (SSSR count). The Hall–Kier alpha value is -1.69. The van der Waals surface area contributed by atoms with Crippen LogP contribution in [0.5, 0.6) is 0 Å². The second kappa shape index (κ2) is 3.91. The van der Waals surface area contributed by atoms with Gasteiger partial charge in [-0.15, -0.1) is 0 Å². The molecule has 0 aliphatic carbocycles. The van der Waals surface area contributed by atoms with Crippen molar-refractivity contribution in [2.75, 3.05) is 13.1 Å². The second-order valence-electron chi connectivity index (χ2n) is 5.25. The average molecular weight is 248 g/mol. The first kappa shape index (κ1) is 11.4. The molecule has 2 saturated heterocycles. The van der Waals surface area contributed by atoms with Crippen molar-refractivity contribution >= 4 is 11.8 Å². The summed E-state index contributed by atoms with van der Waals surface area (Å²) in [5.74, 6) is 0.741. The summed E-state index contributed by atoms with van der Waals surface area (Å²) in [5.41, 5.74) is -0.484. The SMILES string of the molecule is Cn1ccnc1CN1CC[C@@]2(CC(=O)NC2=O)C1. The first-order chi connectivity index (χ1) is 8.59. The van der Waals surface area contributed by atoms with E-state index in [9.17, 15) is 9.59 Å². The van der Waals surface area contributed by atoms with Crippen molar-refractivity contribution in [3.8, 4) is 0 Å². The number of rotatable bonds is 2. The van der Waals surface area contributed by atoms with Gasteiger partial charge in [-0.3, -0.25) is 19.8 Å². The van der Waals surface area contributed by atoms with E-state index in [2.05, 4.69) is 15.2 Å². The van der Waals surface area contributed by atoms with Gasteiger partial charge in [-0.25, -0.2) is 4.98 Å². The van der Waals surface area contributed by atoms with Gasteiger partial charge in [-0.1, -0.05) is 0 Å². The lowest BCUT2D eigenvalue weighted by atomic mass is 9.85. The number of aryl methyl sites for hydroxylation is 1. The van der Waals surface area contributed by atoms with Crippen LogP contribution in [0.25, 0.3) is 0 Å². The molecule has 0 aromatic carbocycles. The number of imidazole rings is 1. The fraction of sp³-hybridized carbons (Fsp3) is 0.583. The molecule has 3 heterocycles. The minimum atomic E-state index is -0.484. The van der Waals surface area contributed by atoms with Gasteiger partial charge in [0.2, 0.25) is 11.8 Å². The Bertz CT molecular complexity index is 510. The summed E-state index contributed by atoms with van der Waals surface area (Å²) in [4.78, 5) is 29.6. The molecule has 2 fully saturated rings. The van der Waals surface area contributed by atoms with Crippen molar-refractivity contribution in [2.24, 2.45) is 12.5 Å². The monoisotopic (exact) mass is 248 g/mol. The summed E-state index contributed by atoms with van der Waals surface area (Å²) >= 11 is 0. The van der Waals surface area contributed by atoms with Crippen LogP contribution < -0.4 is 5.32 Å². The first-order valence-corrected chi connectivity index (χ1v) is 6.12. The van der Waals surface area contributed by atoms with Crippen LogP contribution in [0.2, 0.25) is 0 Å².